The molecule has 2 aliphatic rings. The van der Waals surface area contributed by atoms with Crippen molar-refractivity contribution in [1.82, 2.24) is 0 Å². The molecule has 0 spiro atoms. The Morgan fingerprint density at radius 2 is 1.04 bits per heavy atom. The molecular formula is C66H68O8P2. The highest BCUT2D eigenvalue weighted by molar-refractivity contribution is 7.43. The Bertz CT molecular complexity index is 3390. The van der Waals surface area contributed by atoms with Gasteiger partial charge in [-0.1, -0.05) is 104 Å². The zero-order valence-corrected chi connectivity index (χ0v) is 47.0. The number of hydrogen-bond acceptors (Lipinski definition) is 8. The molecule has 5 unspecified atom stereocenters. The van der Waals surface area contributed by atoms with E-state index in [9.17, 15) is 4.79 Å². The monoisotopic (exact) mass is 1050 g/mol. The summed E-state index contributed by atoms with van der Waals surface area (Å²) >= 11 is 0. The lowest BCUT2D eigenvalue weighted by Crippen LogP contribution is -2.42. The predicted molar refractivity (Wildman–Crippen MR) is 314 cm³/mol. The molecule has 10 heteroatoms. The van der Waals surface area contributed by atoms with Crippen LogP contribution in [0.25, 0.3) is 44.2 Å². The van der Waals surface area contributed by atoms with Crippen molar-refractivity contribution in [3.63, 3.8) is 0 Å². The van der Waals surface area contributed by atoms with Gasteiger partial charge in [-0.3, -0.25) is 4.79 Å². The zero-order chi connectivity index (χ0) is 53.0. The fourth-order valence-electron chi connectivity index (χ4n) is 12.5. The third-order valence-corrected chi connectivity index (χ3v) is 18.4. The van der Waals surface area contributed by atoms with Gasteiger partial charge in [0.1, 0.15) is 55.3 Å². The Morgan fingerprint density at radius 3 is 1.64 bits per heavy atom. The van der Waals surface area contributed by atoms with Crippen molar-refractivity contribution < 1.29 is 37.5 Å². The van der Waals surface area contributed by atoms with Crippen molar-refractivity contribution >= 4 is 40.0 Å². The molecule has 0 aromatic heterocycles. The molecule has 8 nitrogen and oxygen atoms in total. The first-order valence-corrected chi connectivity index (χ1v) is 28.2. The highest BCUT2D eigenvalue weighted by Crippen LogP contribution is 2.60. The van der Waals surface area contributed by atoms with Gasteiger partial charge in [0.25, 0.3) is 0 Å². The molecule has 76 heavy (non-hydrogen) atoms. The lowest BCUT2D eigenvalue weighted by molar-refractivity contribution is 0.112. The van der Waals surface area contributed by atoms with Gasteiger partial charge in [0.05, 0.1) is 44.4 Å². The first kappa shape index (κ1) is 52.6. The summed E-state index contributed by atoms with van der Waals surface area (Å²) in [4.78, 5) is 12.6. The maximum atomic E-state index is 12.6. The van der Waals surface area contributed by atoms with Crippen molar-refractivity contribution in [2.45, 2.75) is 77.3 Å². The summed E-state index contributed by atoms with van der Waals surface area (Å²) in [7, 11) is 8.43. The van der Waals surface area contributed by atoms with Crippen LogP contribution < -0.4 is 38.0 Å². The minimum absolute atomic E-state index is 0.0411. The third-order valence-electron chi connectivity index (χ3n) is 16.0. The van der Waals surface area contributed by atoms with Crippen LogP contribution in [0.15, 0.2) is 140 Å². The number of methoxy groups -OCH3 is 5. The number of carbonyl (C=O) groups excluding carboxylic acids is 1. The van der Waals surface area contributed by atoms with E-state index in [4.69, 9.17) is 32.7 Å². The van der Waals surface area contributed by atoms with Gasteiger partial charge in [0.2, 0.25) is 0 Å². The Kier molecular flexibility index (Phi) is 16.0. The average Bonchev–Trinajstić information content (AvgIpc) is 3.53. The topological polar surface area (TPSA) is 81.7 Å². The Morgan fingerprint density at radius 1 is 0.513 bits per heavy atom. The second-order valence-corrected chi connectivity index (χ2v) is 22.5. The van der Waals surface area contributed by atoms with Gasteiger partial charge in [0, 0.05) is 38.8 Å². The van der Waals surface area contributed by atoms with E-state index >= 15 is 0 Å². The van der Waals surface area contributed by atoms with Crippen LogP contribution in [-0.4, -0.2) is 47.5 Å². The number of benzene rings is 8. The maximum Gasteiger partial charge on any atom is 0.150 e. The SMILES string of the molecule is COc1cc(C)c(OC)c(-c2cc(OC)cc(C)c2OPc2c(-c3ccccc3)cc3ccccc3c2[C@H]2C3CCCCC3C[C@@H](c3ccccc3)C2POc2c(C)cc(C=O)cc2-c2cc(OC)cc(C)c2OC)c1. The minimum Gasteiger partial charge on any atom is -0.497 e. The van der Waals surface area contributed by atoms with E-state index in [-0.39, 0.29) is 35.1 Å². The summed E-state index contributed by atoms with van der Waals surface area (Å²) in [6.07, 6.45) is 6.70. The molecule has 2 fully saturated rings. The van der Waals surface area contributed by atoms with E-state index in [1.165, 1.54) is 46.5 Å². The average molecular weight is 1050 g/mol. The lowest BCUT2D eigenvalue weighted by Gasteiger charge is -2.50. The summed E-state index contributed by atoms with van der Waals surface area (Å²) in [5.74, 6) is 6.27. The van der Waals surface area contributed by atoms with Crippen molar-refractivity contribution in [2.24, 2.45) is 11.8 Å². The minimum atomic E-state index is -0.0930. The number of ether oxygens (including phenoxy) is 5. The van der Waals surface area contributed by atoms with Crippen LogP contribution in [0.1, 0.15) is 87.7 Å². The molecule has 0 saturated heterocycles. The van der Waals surface area contributed by atoms with Crippen LogP contribution in [0, 0.1) is 39.5 Å². The number of carbonyl (C=O) groups is 1. The zero-order valence-electron chi connectivity index (χ0n) is 45.0. The van der Waals surface area contributed by atoms with E-state index in [2.05, 4.69) is 110 Å². The molecule has 10 rings (SSSR count). The first-order valence-electron chi connectivity index (χ1n) is 26.3. The Hall–Kier alpha value is -6.85. The quantitative estimate of drug-likeness (QED) is 0.0659. The second kappa shape index (κ2) is 23.2. The van der Waals surface area contributed by atoms with Crippen LogP contribution in [0.4, 0.5) is 0 Å². The molecule has 8 aromatic rings. The highest BCUT2D eigenvalue weighted by Gasteiger charge is 2.48. The van der Waals surface area contributed by atoms with Crippen molar-refractivity contribution in [3.05, 3.63) is 178 Å². The van der Waals surface area contributed by atoms with Crippen molar-refractivity contribution in [3.8, 4) is 73.6 Å². The van der Waals surface area contributed by atoms with Crippen molar-refractivity contribution in [1.29, 1.82) is 0 Å². The molecule has 0 heterocycles. The van der Waals surface area contributed by atoms with E-state index in [1.54, 1.807) is 35.5 Å². The second-order valence-electron chi connectivity index (χ2n) is 20.4. The summed E-state index contributed by atoms with van der Waals surface area (Å²) in [6, 6.07) is 49.3. The van der Waals surface area contributed by atoms with Gasteiger partial charge >= 0.3 is 0 Å². The first-order chi connectivity index (χ1) is 37.1. The molecule has 8 aromatic carbocycles. The van der Waals surface area contributed by atoms with E-state index in [0.29, 0.717) is 28.9 Å². The van der Waals surface area contributed by atoms with Gasteiger partial charge in [-0.05, 0) is 174 Å². The Labute approximate surface area is 452 Å². The molecule has 0 aliphatic heterocycles. The van der Waals surface area contributed by atoms with Gasteiger partial charge in [-0.15, -0.1) is 0 Å². The summed E-state index contributed by atoms with van der Waals surface area (Å²) in [6.45, 7) is 8.20. The van der Waals surface area contributed by atoms with Gasteiger partial charge in [0.15, 0.2) is 0 Å². The number of fused-ring (bicyclic) bond motifs is 2. The molecule has 7 atom stereocenters. The molecule has 0 bridgehead atoms. The van der Waals surface area contributed by atoms with Crippen LogP contribution >= 0.6 is 17.6 Å². The maximum absolute atomic E-state index is 12.6. The smallest absolute Gasteiger partial charge is 0.150 e. The van der Waals surface area contributed by atoms with Gasteiger partial charge < -0.3 is 32.7 Å². The largest absolute Gasteiger partial charge is 0.497 e. The van der Waals surface area contributed by atoms with Crippen LogP contribution in [0.3, 0.4) is 0 Å². The van der Waals surface area contributed by atoms with Gasteiger partial charge in [-0.25, -0.2) is 0 Å². The van der Waals surface area contributed by atoms with Crippen LogP contribution in [0.5, 0.6) is 40.2 Å². The molecule has 0 N–H and O–H groups in total. The lowest BCUT2D eigenvalue weighted by atomic mass is 9.59. The highest BCUT2D eigenvalue weighted by atomic mass is 31.1. The van der Waals surface area contributed by atoms with E-state index in [1.807, 2.05) is 57.2 Å². The van der Waals surface area contributed by atoms with Crippen LogP contribution in [0.2, 0.25) is 0 Å². The molecule has 0 amide bonds. The Balaban J connectivity index is 1.21. The predicted octanol–water partition coefficient (Wildman–Crippen LogP) is 16.3. The van der Waals surface area contributed by atoms with E-state index in [0.717, 1.165) is 104 Å². The summed E-state index contributed by atoms with van der Waals surface area (Å²) < 4.78 is 45.0. The summed E-state index contributed by atoms with van der Waals surface area (Å²) in [5.41, 5.74) is 12.7. The number of hydrogen-bond donors (Lipinski definition) is 0. The number of aryl methyl sites for hydroxylation is 4. The molecule has 390 valence electrons. The molecular weight excluding hydrogens is 983 g/mol. The van der Waals surface area contributed by atoms with Crippen molar-refractivity contribution in [2.75, 3.05) is 35.5 Å². The normalized spacial score (nSPS) is 18.4. The summed E-state index contributed by atoms with van der Waals surface area (Å²) in [5, 5.41) is 3.64. The molecule has 2 saturated carbocycles. The fraction of sp³-hybridized carbons (Fsp3) is 0.288. The number of rotatable bonds is 17. The third kappa shape index (κ3) is 10.3. The number of aldehydes is 1. The van der Waals surface area contributed by atoms with Crippen LogP contribution in [-0.2, 0) is 0 Å². The molecule has 2 aliphatic carbocycles. The fourth-order valence-corrected chi connectivity index (χ4v) is 15.3. The molecule has 0 radical (unpaired) electrons. The van der Waals surface area contributed by atoms with Gasteiger partial charge in [-0.2, -0.15) is 0 Å². The standard InChI is InChI=1S/C66H68O8P2/c1-39-28-43(38-67)32-55(56-35-48(68-5)29-40(2)61(56)71-8)63(39)73-75-65-53(44-20-12-10-13-21-44)33-46-24-16-18-26-51(46)59(65)60-52-27-19-17-25-47(52)34-54(45-22-14-11-15-23-45)66(60)76-74-64-42(4)31-50(70-7)37-58(64)57-36-49(69-6)30-41(3)62(57)72-9/h10-15,17,19-23,25,27-32,34-38,46,51,53,59,65,75-76H,16,18,24,26,33H2,1-9H3/t46?,51?,53-,59+,65?/m0/s1. The van der Waals surface area contributed by atoms with E-state index < -0.39 is 0 Å².